The van der Waals surface area contributed by atoms with Crippen LogP contribution in [-0.2, 0) is 9.53 Å². The van der Waals surface area contributed by atoms with Crippen molar-refractivity contribution in [3.63, 3.8) is 0 Å². The predicted molar refractivity (Wildman–Crippen MR) is 90.5 cm³/mol. The lowest BCUT2D eigenvalue weighted by Gasteiger charge is -2.37. The number of imide groups is 1. The number of carbonyl (C=O) groups is 2. The number of hydrogen-bond acceptors (Lipinski definition) is 6. The summed E-state index contributed by atoms with van der Waals surface area (Å²) in [6.07, 6.45) is -1.77. The average molecular weight is 392 g/mol. The molecule has 1 fully saturated rings. The normalized spacial score (nSPS) is 19.4. The standard InChI is InChI=1S/C18H14F2N2O6/c1-10-17(11-2-7-14(19)15(20)8-11)21(16(23)9-27-10)18(24)28-13-5-3-12(4-6-13)22(25)26/h2-8,10,17H,9H2,1H3. The molecule has 0 saturated carbocycles. The number of rotatable bonds is 3. The second-order valence-corrected chi connectivity index (χ2v) is 6.02. The van der Waals surface area contributed by atoms with Crippen LogP contribution < -0.4 is 4.74 Å². The number of hydrogen-bond donors (Lipinski definition) is 0. The van der Waals surface area contributed by atoms with E-state index in [1.165, 1.54) is 18.2 Å². The monoisotopic (exact) mass is 392 g/mol. The number of carbonyl (C=O) groups excluding carboxylic acids is 2. The van der Waals surface area contributed by atoms with E-state index in [0.717, 1.165) is 29.2 Å². The lowest BCUT2D eigenvalue weighted by molar-refractivity contribution is -0.384. The fraction of sp³-hybridized carbons (Fsp3) is 0.222. The fourth-order valence-electron chi connectivity index (χ4n) is 2.85. The molecule has 1 heterocycles. The first-order chi connectivity index (χ1) is 13.3. The summed E-state index contributed by atoms with van der Waals surface area (Å²) in [6.45, 7) is 1.18. The molecule has 0 bridgehead atoms. The highest BCUT2D eigenvalue weighted by molar-refractivity contribution is 5.94. The summed E-state index contributed by atoms with van der Waals surface area (Å²) in [6, 6.07) is 6.66. The topological polar surface area (TPSA) is 99.0 Å². The highest BCUT2D eigenvalue weighted by Crippen LogP contribution is 2.32. The minimum absolute atomic E-state index is 0.0217. The van der Waals surface area contributed by atoms with Gasteiger partial charge in [-0.3, -0.25) is 14.9 Å². The second-order valence-electron chi connectivity index (χ2n) is 6.02. The number of amides is 2. The van der Waals surface area contributed by atoms with Gasteiger partial charge in [0.25, 0.3) is 11.6 Å². The number of nitro benzene ring substituents is 1. The Morgan fingerprint density at radius 2 is 1.89 bits per heavy atom. The van der Waals surface area contributed by atoms with Gasteiger partial charge in [0.05, 0.1) is 17.1 Å². The Bertz CT molecular complexity index is 934. The molecule has 10 heteroatoms. The van der Waals surface area contributed by atoms with Crippen molar-refractivity contribution in [1.82, 2.24) is 4.90 Å². The van der Waals surface area contributed by atoms with Crippen LogP contribution in [-0.4, -0.2) is 34.5 Å². The molecule has 2 amide bonds. The van der Waals surface area contributed by atoms with Crippen molar-refractivity contribution in [1.29, 1.82) is 0 Å². The van der Waals surface area contributed by atoms with Gasteiger partial charge in [0.2, 0.25) is 0 Å². The van der Waals surface area contributed by atoms with Crippen LogP contribution in [0.4, 0.5) is 19.3 Å². The molecule has 0 N–H and O–H groups in total. The number of nitrogens with zero attached hydrogens (tertiary/aromatic N) is 2. The van der Waals surface area contributed by atoms with Crippen LogP contribution >= 0.6 is 0 Å². The maximum Gasteiger partial charge on any atom is 0.422 e. The number of nitro groups is 1. The summed E-state index contributed by atoms with van der Waals surface area (Å²) >= 11 is 0. The minimum Gasteiger partial charge on any atom is -0.410 e. The van der Waals surface area contributed by atoms with Crippen LogP contribution in [0.25, 0.3) is 0 Å². The average Bonchev–Trinajstić information content (AvgIpc) is 2.66. The van der Waals surface area contributed by atoms with Crippen molar-refractivity contribution in [2.75, 3.05) is 6.61 Å². The minimum atomic E-state index is -1.13. The third-order valence-electron chi connectivity index (χ3n) is 4.20. The van der Waals surface area contributed by atoms with E-state index >= 15 is 0 Å². The Morgan fingerprint density at radius 1 is 1.21 bits per heavy atom. The zero-order chi connectivity index (χ0) is 20.4. The van der Waals surface area contributed by atoms with Gasteiger partial charge in [-0.1, -0.05) is 6.07 Å². The Labute approximate surface area is 157 Å². The van der Waals surface area contributed by atoms with E-state index in [9.17, 15) is 28.5 Å². The molecule has 0 radical (unpaired) electrons. The molecule has 8 nitrogen and oxygen atoms in total. The van der Waals surface area contributed by atoms with E-state index in [1.807, 2.05) is 0 Å². The molecule has 28 heavy (non-hydrogen) atoms. The maximum absolute atomic E-state index is 13.6. The van der Waals surface area contributed by atoms with E-state index < -0.39 is 47.3 Å². The molecule has 2 aromatic rings. The smallest absolute Gasteiger partial charge is 0.410 e. The zero-order valence-electron chi connectivity index (χ0n) is 14.5. The summed E-state index contributed by atoms with van der Waals surface area (Å²) in [5.41, 5.74) is -0.0457. The molecular formula is C18H14F2N2O6. The molecule has 2 atom stereocenters. The summed E-state index contributed by atoms with van der Waals surface area (Å²) in [5, 5.41) is 10.7. The SMILES string of the molecule is CC1OCC(=O)N(C(=O)Oc2ccc([N+](=O)[O-])cc2)C1c1ccc(F)c(F)c1. The third-order valence-corrected chi connectivity index (χ3v) is 4.20. The van der Waals surface area contributed by atoms with Crippen molar-refractivity contribution in [3.8, 4) is 5.75 Å². The molecule has 3 rings (SSSR count). The molecular weight excluding hydrogens is 378 g/mol. The highest BCUT2D eigenvalue weighted by atomic mass is 19.2. The third kappa shape index (κ3) is 3.81. The molecule has 2 aromatic carbocycles. The summed E-state index contributed by atoms with van der Waals surface area (Å²) in [7, 11) is 0. The van der Waals surface area contributed by atoms with Gasteiger partial charge in [-0.15, -0.1) is 0 Å². The molecule has 2 unspecified atom stereocenters. The first-order valence-electron chi connectivity index (χ1n) is 8.13. The molecule has 0 aromatic heterocycles. The van der Waals surface area contributed by atoms with Gasteiger partial charge in [0.15, 0.2) is 11.6 Å². The quantitative estimate of drug-likeness (QED) is 0.587. The van der Waals surface area contributed by atoms with E-state index in [1.54, 1.807) is 6.92 Å². The molecule has 1 aliphatic rings. The van der Waals surface area contributed by atoms with Crippen LogP contribution in [0.3, 0.4) is 0 Å². The van der Waals surface area contributed by atoms with E-state index in [-0.39, 0.29) is 17.0 Å². The van der Waals surface area contributed by atoms with Gasteiger partial charge < -0.3 is 9.47 Å². The Hall–Kier alpha value is -3.40. The number of benzene rings is 2. The van der Waals surface area contributed by atoms with Crippen molar-refractivity contribution in [2.45, 2.75) is 19.1 Å². The molecule has 0 spiro atoms. The van der Waals surface area contributed by atoms with Gasteiger partial charge in [0.1, 0.15) is 12.4 Å². The van der Waals surface area contributed by atoms with Crippen molar-refractivity contribution in [2.24, 2.45) is 0 Å². The van der Waals surface area contributed by atoms with Crippen LogP contribution in [0.5, 0.6) is 5.75 Å². The van der Waals surface area contributed by atoms with Crippen molar-refractivity contribution >= 4 is 17.7 Å². The molecule has 1 saturated heterocycles. The van der Waals surface area contributed by atoms with Gasteiger partial charge in [-0.2, -0.15) is 0 Å². The Kier molecular flexibility index (Phi) is 5.32. The largest absolute Gasteiger partial charge is 0.422 e. The first-order valence-corrected chi connectivity index (χ1v) is 8.13. The fourth-order valence-corrected chi connectivity index (χ4v) is 2.85. The molecule has 1 aliphatic heterocycles. The van der Waals surface area contributed by atoms with Crippen molar-refractivity contribution < 1.29 is 32.8 Å². The van der Waals surface area contributed by atoms with Crippen molar-refractivity contribution in [3.05, 3.63) is 69.8 Å². The summed E-state index contributed by atoms with van der Waals surface area (Å²) in [4.78, 5) is 35.7. The zero-order valence-corrected chi connectivity index (χ0v) is 14.5. The Balaban J connectivity index is 1.88. The van der Waals surface area contributed by atoms with Gasteiger partial charge >= 0.3 is 6.09 Å². The summed E-state index contributed by atoms with van der Waals surface area (Å²) < 4.78 is 37.3. The predicted octanol–water partition coefficient (Wildman–Crippen LogP) is 3.36. The number of non-ortho nitro benzene ring substituents is 1. The number of halogens is 2. The number of morpholine rings is 1. The van der Waals surface area contributed by atoms with E-state index in [0.29, 0.717) is 0 Å². The second kappa shape index (κ2) is 7.69. The lowest BCUT2D eigenvalue weighted by Crippen LogP contribution is -2.51. The first kappa shape index (κ1) is 19.4. The van der Waals surface area contributed by atoms with Gasteiger partial charge in [0, 0.05) is 12.1 Å². The van der Waals surface area contributed by atoms with E-state index in [4.69, 9.17) is 9.47 Å². The van der Waals surface area contributed by atoms with Gasteiger partial charge in [-0.05, 0) is 36.8 Å². The molecule has 146 valence electrons. The lowest BCUT2D eigenvalue weighted by atomic mass is 9.99. The van der Waals surface area contributed by atoms with Crippen LogP contribution in [0.2, 0.25) is 0 Å². The summed E-state index contributed by atoms with van der Waals surface area (Å²) in [5.74, 6) is -2.95. The van der Waals surface area contributed by atoms with Crippen LogP contribution in [0, 0.1) is 21.7 Å². The van der Waals surface area contributed by atoms with E-state index in [2.05, 4.69) is 0 Å². The van der Waals surface area contributed by atoms with Crippen LogP contribution in [0.1, 0.15) is 18.5 Å². The maximum atomic E-state index is 13.6. The van der Waals surface area contributed by atoms with Gasteiger partial charge in [-0.25, -0.2) is 18.5 Å². The number of ether oxygens (including phenoxy) is 2. The van der Waals surface area contributed by atoms with Crippen LogP contribution in [0.15, 0.2) is 42.5 Å². The highest BCUT2D eigenvalue weighted by Gasteiger charge is 2.41. The Morgan fingerprint density at radius 3 is 2.50 bits per heavy atom. The molecule has 0 aliphatic carbocycles.